The molecule has 0 aliphatic heterocycles. The molecule has 0 saturated heterocycles. The van der Waals surface area contributed by atoms with Crippen molar-refractivity contribution in [3.63, 3.8) is 0 Å². The number of carbonyl (C=O) groups is 3. The van der Waals surface area contributed by atoms with Crippen LogP contribution in [-0.4, -0.2) is 28.5 Å². The number of thiazole rings is 1. The normalized spacial score (nSPS) is 14.0. The summed E-state index contributed by atoms with van der Waals surface area (Å²) >= 11 is 7.59. The van der Waals surface area contributed by atoms with Gasteiger partial charge in [0.2, 0.25) is 5.91 Å². The zero-order valence-electron chi connectivity index (χ0n) is 19.2. The van der Waals surface area contributed by atoms with Crippen LogP contribution in [0, 0.1) is 11.8 Å². The Hall–Kier alpha value is -2.05. The maximum Gasteiger partial charge on any atom is 0.224 e. The molecule has 1 aromatic heterocycles. The number of Topliss-reactive ketones (excluding diaryl/α,β-unsaturated/α-hetero) is 1. The summed E-state index contributed by atoms with van der Waals surface area (Å²) in [5.74, 6) is -0.378. The Morgan fingerprint density at radius 1 is 1.25 bits per heavy atom. The number of fused-ring (bicyclic) bond motifs is 1. The highest BCUT2D eigenvalue weighted by Gasteiger charge is 2.27. The summed E-state index contributed by atoms with van der Waals surface area (Å²) in [4.78, 5) is 42.1. The van der Waals surface area contributed by atoms with E-state index in [1.165, 1.54) is 17.4 Å². The molecule has 0 aliphatic carbocycles. The smallest absolute Gasteiger partial charge is 0.224 e. The van der Waals surface area contributed by atoms with Gasteiger partial charge in [-0.3, -0.25) is 14.4 Å². The zero-order chi connectivity index (χ0) is 23.7. The van der Waals surface area contributed by atoms with E-state index in [0.29, 0.717) is 30.7 Å². The van der Waals surface area contributed by atoms with E-state index < -0.39 is 5.92 Å². The number of aromatic nitrogens is 1. The Morgan fingerprint density at radius 2 is 2.00 bits per heavy atom. The van der Waals surface area contributed by atoms with Gasteiger partial charge in [-0.1, -0.05) is 45.4 Å². The van der Waals surface area contributed by atoms with Crippen molar-refractivity contribution < 1.29 is 14.4 Å². The molecule has 1 aromatic carbocycles. The first-order valence-corrected chi connectivity index (χ1v) is 12.5. The number of ketones is 2. The molecular formula is C25H33ClN2O3S. The summed E-state index contributed by atoms with van der Waals surface area (Å²) in [6.07, 6.45) is 4.91. The van der Waals surface area contributed by atoms with Crippen molar-refractivity contribution in [2.75, 3.05) is 0 Å². The van der Waals surface area contributed by atoms with Crippen molar-refractivity contribution in [2.24, 2.45) is 11.8 Å². The molecule has 0 saturated carbocycles. The van der Waals surface area contributed by atoms with Gasteiger partial charge in [0.15, 0.2) is 5.78 Å². The Kier molecular flexibility index (Phi) is 10.5. The Labute approximate surface area is 199 Å². The molecule has 5 nitrogen and oxygen atoms in total. The fourth-order valence-corrected chi connectivity index (χ4v) is 4.96. The molecule has 1 amide bonds. The Bertz CT molecular complexity index is 956. The maximum atomic E-state index is 13.3. The van der Waals surface area contributed by atoms with Gasteiger partial charge in [0.25, 0.3) is 0 Å². The predicted octanol–water partition coefficient (Wildman–Crippen LogP) is 5.93. The molecule has 0 aliphatic rings. The fraction of sp³-hybridized carbons (Fsp3) is 0.520. The number of nitrogens with one attached hydrogen (secondary N) is 1. The molecule has 174 valence electrons. The number of hydrogen-bond donors (Lipinski definition) is 1. The largest absolute Gasteiger partial charge is 0.353 e. The van der Waals surface area contributed by atoms with E-state index in [1.807, 2.05) is 19.1 Å². The van der Waals surface area contributed by atoms with Crippen LogP contribution in [0.1, 0.15) is 64.3 Å². The highest BCUT2D eigenvalue weighted by Crippen LogP contribution is 2.28. The molecule has 1 N–H and O–H groups in total. The molecule has 0 bridgehead atoms. The van der Waals surface area contributed by atoms with Crippen LogP contribution in [0.2, 0.25) is 5.02 Å². The third-order valence-electron chi connectivity index (χ3n) is 5.78. The van der Waals surface area contributed by atoms with Gasteiger partial charge in [0.1, 0.15) is 5.78 Å². The first-order chi connectivity index (χ1) is 15.3. The molecular weight excluding hydrogens is 444 g/mol. The molecule has 0 spiro atoms. The van der Waals surface area contributed by atoms with Crippen LogP contribution in [0.15, 0.2) is 30.9 Å². The van der Waals surface area contributed by atoms with Crippen LogP contribution >= 0.6 is 22.9 Å². The lowest BCUT2D eigenvalue weighted by Crippen LogP contribution is -2.43. The number of allylic oxidation sites excluding steroid dienone is 1. The van der Waals surface area contributed by atoms with Crippen LogP contribution in [0.4, 0.5) is 0 Å². The molecule has 2 aromatic rings. The standard InChI is InChI=1S/C25H33ClN2O3S/c1-5-8-20(30)13-17(14-24-27-22-11-9-18(26)15-23(22)32-24)25(31)28-21(16(4)6-2)12-10-19(29)7-3/h7,9,11,15-17,21H,3,5-6,8,10,12-14H2,1-2,4H3,(H,28,31)/t16-,17-,21+/m0/s1. The van der Waals surface area contributed by atoms with Crippen molar-refractivity contribution in [3.8, 4) is 0 Å². The number of rotatable bonds is 14. The minimum Gasteiger partial charge on any atom is -0.353 e. The fourth-order valence-electron chi connectivity index (χ4n) is 3.64. The topological polar surface area (TPSA) is 76.1 Å². The number of halogens is 1. The Balaban J connectivity index is 2.20. The number of hydrogen-bond acceptors (Lipinski definition) is 5. The molecule has 32 heavy (non-hydrogen) atoms. The first-order valence-electron chi connectivity index (χ1n) is 11.3. The van der Waals surface area contributed by atoms with Gasteiger partial charge in [-0.15, -0.1) is 11.3 Å². The summed E-state index contributed by atoms with van der Waals surface area (Å²) in [5, 5.41) is 4.59. The van der Waals surface area contributed by atoms with E-state index in [2.05, 4.69) is 30.7 Å². The minimum absolute atomic E-state index is 0.0321. The van der Waals surface area contributed by atoms with E-state index in [9.17, 15) is 14.4 Å². The molecule has 0 fully saturated rings. The van der Waals surface area contributed by atoms with Crippen LogP contribution in [0.5, 0.6) is 0 Å². The van der Waals surface area contributed by atoms with E-state index in [4.69, 9.17) is 11.6 Å². The average Bonchev–Trinajstić information content (AvgIpc) is 3.16. The van der Waals surface area contributed by atoms with Gasteiger partial charge >= 0.3 is 0 Å². The summed E-state index contributed by atoms with van der Waals surface area (Å²) in [6.45, 7) is 9.61. The van der Waals surface area contributed by atoms with E-state index in [-0.39, 0.29) is 35.9 Å². The highest BCUT2D eigenvalue weighted by atomic mass is 35.5. The zero-order valence-corrected chi connectivity index (χ0v) is 20.7. The van der Waals surface area contributed by atoms with E-state index in [1.54, 1.807) is 6.07 Å². The average molecular weight is 477 g/mol. The third-order valence-corrected chi connectivity index (χ3v) is 7.05. The second kappa shape index (κ2) is 12.9. The van der Waals surface area contributed by atoms with Gasteiger partial charge in [-0.2, -0.15) is 0 Å². The van der Waals surface area contributed by atoms with Gasteiger partial charge in [-0.05, 0) is 43.0 Å². The van der Waals surface area contributed by atoms with E-state index >= 15 is 0 Å². The van der Waals surface area contributed by atoms with E-state index in [0.717, 1.165) is 28.1 Å². The molecule has 0 radical (unpaired) electrons. The second-order valence-corrected chi connectivity index (χ2v) is 9.87. The van der Waals surface area contributed by atoms with Crippen LogP contribution < -0.4 is 5.32 Å². The second-order valence-electron chi connectivity index (χ2n) is 8.32. The van der Waals surface area contributed by atoms with Gasteiger partial charge in [0.05, 0.1) is 21.1 Å². The summed E-state index contributed by atoms with van der Waals surface area (Å²) in [6, 6.07) is 5.40. The van der Waals surface area contributed by atoms with Crippen molar-refractivity contribution in [1.29, 1.82) is 0 Å². The van der Waals surface area contributed by atoms with Crippen molar-refractivity contribution in [1.82, 2.24) is 10.3 Å². The van der Waals surface area contributed by atoms with Crippen LogP contribution in [-0.2, 0) is 20.8 Å². The van der Waals surface area contributed by atoms with Gasteiger partial charge in [-0.25, -0.2) is 4.98 Å². The third kappa shape index (κ3) is 7.82. The summed E-state index contributed by atoms with van der Waals surface area (Å²) in [7, 11) is 0. The van der Waals surface area contributed by atoms with Gasteiger partial charge < -0.3 is 5.32 Å². The van der Waals surface area contributed by atoms with Crippen molar-refractivity contribution in [2.45, 2.75) is 71.8 Å². The van der Waals surface area contributed by atoms with Crippen LogP contribution in [0.3, 0.4) is 0 Å². The monoisotopic (exact) mass is 476 g/mol. The SMILES string of the molecule is C=CC(=O)CC[C@@H](NC(=O)[C@@H](CC(=O)CCC)Cc1nc2ccc(Cl)cc2s1)[C@@H](C)CC. The lowest BCUT2D eigenvalue weighted by Gasteiger charge is -2.26. The first kappa shape index (κ1) is 26.2. The number of amides is 1. The lowest BCUT2D eigenvalue weighted by molar-refractivity contribution is -0.130. The number of carbonyl (C=O) groups excluding carboxylic acids is 3. The predicted molar refractivity (Wildman–Crippen MR) is 132 cm³/mol. The van der Waals surface area contributed by atoms with Crippen molar-refractivity contribution >= 4 is 50.6 Å². The van der Waals surface area contributed by atoms with Crippen LogP contribution in [0.25, 0.3) is 10.2 Å². The molecule has 3 atom stereocenters. The molecule has 7 heteroatoms. The Morgan fingerprint density at radius 3 is 2.66 bits per heavy atom. The molecule has 0 unspecified atom stereocenters. The minimum atomic E-state index is -0.494. The summed E-state index contributed by atoms with van der Waals surface area (Å²) < 4.78 is 0.965. The highest BCUT2D eigenvalue weighted by molar-refractivity contribution is 7.18. The summed E-state index contributed by atoms with van der Waals surface area (Å²) in [5.41, 5.74) is 0.842. The molecule has 1 heterocycles. The lowest BCUT2D eigenvalue weighted by atomic mass is 9.91. The number of nitrogens with zero attached hydrogens (tertiary/aromatic N) is 1. The number of benzene rings is 1. The quantitative estimate of drug-likeness (QED) is 0.342. The van der Waals surface area contributed by atoms with Gasteiger partial charge in [0, 0.05) is 36.7 Å². The van der Waals surface area contributed by atoms with Crippen molar-refractivity contribution in [3.05, 3.63) is 40.9 Å². The molecule has 2 rings (SSSR count). The maximum absolute atomic E-state index is 13.3.